The first-order valence-corrected chi connectivity index (χ1v) is 6.17. The van der Waals surface area contributed by atoms with E-state index >= 15 is 0 Å². The van der Waals surface area contributed by atoms with Crippen molar-refractivity contribution in [1.82, 2.24) is 9.55 Å². The van der Waals surface area contributed by atoms with Crippen molar-refractivity contribution in [2.45, 2.75) is 20.0 Å². The second-order valence-electron chi connectivity index (χ2n) is 4.37. The van der Waals surface area contributed by atoms with E-state index in [4.69, 9.17) is 0 Å². The molecular weight excluding hydrogens is 242 g/mol. The second kappa shape index (κ2) is 4.35. The predicted octanol–water partition coefficient (Wildman–Crippen LogP) is 1.63. The first-order chi connectivity index (χ1) is 9.22. The normalized spacial score (nSPS) is 14.1. The van der Waals surface area contributed by atoms with E-state index in [1.165, 1.54) is 4.90 Å². The number of Topliss-reactive ketones (excluding diaryl/α,β-unsaturated/α-hetero) is 1. The molecule has 0 atom stereocenters. The molecule has 1 aliphatic rings. The van der Waals surface area contributed by atoms with E-state index in [1.807, 2.05) is 23.8 Å². The number of amides is 1. The summed E-state index contributed by atoms with van der Waals surface area (Å²) in [6, 6.07) is 7.06. The van der Waals surface area contributed by atoms with E-state index in [0.717, 1.165) is 12.4 Å². The van der Waals surface area contributed by atoms with Crippen LogP contribution in [0.1, 0.15) is 23.1 Å². The minimum atomic E-state index is -0.480. The van der Waals surface area contributed by atoms with Gasteiger partial charge in [-0.05, 0) is 19.1 Å². The molecule has 0 unspecified atom stereocenters. The van der Waals surface area contributed by atoms with Crippen molar-refractivity contribution in [3.63, 3.8) is 0 Å². The molecule has 1 aromatic heterocycles. The summed E-state index contributed by atoms with van der Waals surface area (Å²) in [5, 5.41) is 0. The topological polar surface area (TPSA) is 55.2 Å². The van der Waals surface area contributed by atoms with E-state index in [9.17, 15) is 9.59 Å². The van der Waals surface area contributed by atoms with Gasteiger partial charge in [0.2, 0.25) is 0 Å². The summed E-state index contributed by atoms with van der Waals surface area (Å²) in [7, 11) is 0. The van der Waals surface area contributed by atoms with Crippen LogP contribution < -0.4 is 4.90 Å². The number of aryl methyl sites for hydroxylation is 1. The highest BCUT2D eigenvalue weighted by Crippen LogP contribution is 2.29. The van der Waals surface area contributed by atoms with Crippen molar-refractivity contribution in [3.8, 4) is 0 Å². The Bertz CT molecular complexity index is 660. The number of aromatic nitrogens is 2. The highest BCUT2D eigenvalue weighted by molar-refractivity contribution is 6.52. The Kier molecular flexibility index (Phi) is 2.67. The second-order valence-corrected chi connectivity index (χ2v) is 4.37. The zero-order valence-corrected chi connectivity index (χ0v) is 10.5. The highest BCUT2D eigenvalue weighted by atomic mass is 16.2. The zero-order chi connectivity index (χ0) is 13.4. The Morgan fingerprint density at radius 1 is 1.21 bits per heavy atom. The molecule has 2 heterocycles. The van der Waals surface area contributed by atoms with Gasteiger partial charge < -0.3 is 4.57 Å². The summed E-state index contributed by atoms with van der Waals surface area (Å²) in [5.41, 5.74) is 1.14. The molecule has 0 saturated heterocycles. The molecule has 5 heteroatoms. The van der Waals surface area contributed by atoms with Gasteiger partial charge in [0, 0.05) is 18.9 Å². The van der Waals surface area contributed by atoms with Crippen LogP contribution in [0.15, 0.2) is 36.7 Å². The smallest absolute Gasteiger partial charge is 0.299 e. The van der Waals surface area contributed by atoms with Crippen LogP contribution in [0.4, 0.5) is 5.69 Å². The average Bonchev–Trinajstić information content (AvgIpc) is 2.98. The highest BCUT2D eigenvalue weighted by Gasteiger charge is 2.35. The number of anilines is 1. The fraction of sp³-hybridized carbons (Fsp3) is 0.214. The van der Waals surface area contributed by atoms with E-state index in [2.05, 4.69) is 4.98 Å². The number of para-hydroxylation sites is 1. The maximum absolute atomic E-state index is 12.0. The molecule has 2 aromatic rings. The van der Waals surface area contributed by atoms with Gasteiger partial charge in [-0.15, -0.1) is 0 Å². The molecule has 5 nitrogen and oxygen atoms in total. The molecule has 0 saturated carbocycles. The summed E-state index contributed by atoms with van der Waals surface area (Å²) in [6.45, 7) is 3.12. The molecule has 1 aliphatic heterocycles. The van der Waals surface area contributed by atoms with Crippen molar-refractivity contribution in [2.24, 2.45) is 0 Å². The molecule has 0 spiro atoms. The summed E-state index contributed by atoms with van der Waals surface area (Å²) in [5.74, 6) is -0.141. The third-order valence-corrected chi connectivity index (χ3v) is 3.32. The number of carbonyl (C=O) groups is 2. The number of fused-ring (bicyclic) bond motifs is 1. The summed E-state index contributed by atoms with van der Waals surface area (Å²) < 4.78 is 1.96. The van der Waals surface area contributed by atoms with Crippen molar-refractivity contribution >= 4 is 17.4 Å². The quantitative estimate of drug-likeness (QED) is 0.783. The minimum absolute atomic E-state index is 0.322. The molecule has 0 aliphatic carbocycles. The molecule has 0 fully saturated rings. The molecule has 0 N–H and O–H groups in total. The van der Waals surface area contributed by atoms with E-state index in [-0.39, 0.29) is 0 Å². The van der Waals surface area contributed by atoms with Gasteiger partial charge in [-0.25, -0.2) is 4.98 Å². The van der Waals surface area contributed by atoms with E-state index in [0.29, 0.717) is 17.8 Å². The van der Waals surface area contributed by atoms with Crippen molar-refractivity contribution < 1.29 is 9.59 Å². The Hall–Kier alpha value is -2.43. The predicted molar refractivity (Wildman–Crippen MR) is 69.9 cm³/mol. The van der Waals surface area contributed by atoms with Gasteiger partial charge in [0.15, 0.2) is 0 Å². The number of ketones is 1. The van der Waals surface area contributed by atoms with Crippen LogP contribution in [0.3, 0.4) is 0 Å². The molecule has 96 valence electrons. The van der Waals surface area contributed by atoms with E-state index < -0.39 is 11.7 Å². The first kappa shape index (κ1) is 11.6. The molecule has 3 rings (SSSR count). The maximum atomic E-state index is 12.0. The largest absolute Gasteiger partial charge is 0.334 e. The molecular formula is C14H13N3O2. The van der Waals surface area contributed by atoms with Gasteiger partial charge >= 0.3 is 0 Å². The fourth-order valence-electron chi connectivity index (χ4n) is 2.33. The lowest BCUT2D eigenvalue weighted by Gasteiger charge is -2.16. The Morgan fingerprint density at radius 3 is 2.79 bits per heavy atom. The summed E-state index contributed by atoms with van der Waals surface area (Å²) >= 11 is 0. The number of benzene rings is 1. The average molecular weight is 255 g/mol. The first-order valence-electron chi connectivity index (χ1n) is 6.17. The van der Waals surface area contributed by atoms with Crippen LogP contribution in [0.25, 0.3) is 0 Å². The third kappa shape index (κ3) is 1.74. The lowest BCUT2D eigenvalue weighted by atomic mass is 10.1. The number of rotatable bonds is 3. The SMILES string of the molecule is CCn1ccnc1CN1C(=O)C(=O)c2ccccc21. The molecule has 1 amide bonds. The number of hydrogen-bond acceptors (Lipinski definition) is 3. The van der Waals surface area contributed by atoms with Crippen LogP contribution >= 0.6 is 0 Å². The molecule has 1 aromatic carbocycles. The number of nitrogens with zero attached hydrogens (tertiary/aromatic N) is 3. The van der Waals surface area contributed by atoms with Crippen molar-refractivity contribution in [1.29, 1.82) is 0 Å². The number of imidazole rings is 1. The van der Waals surface area contributed by atoms with Gasteiger partial charge in [-0.2, -0.15) is 0 Å². The van der Waals surface area contributed by atoms with Crippen molar-refractivity contribution in [3.05, 3.63) is 48.0 Å². The van der Waals surface area contributed by atoms with Gasteiger partial charge in [0.25, 0.3) is 11.7 Å². The third-order valence-electron chi connectivity index (χ3n) is 3.32. The lowest BCUT2D eigenvalue weighted by Crippen LogP contribution is -2.30. The lowest BCUT2D eigenvalue weighted by molar-refractivity contribution is -0.114. The Balaban J connectivity index is 1.98. The van der Waals surface area contributed by atoms with Crippen LogP contribution in [0.5, 0.6) is 0 Å². The van der Waals surface area contributed by atoms with Gasteiger partial charge in [-0.3, -0.25) is 14.5 Å². The molecule has 19 heavy (non-hydrogen) atoms. The number of carbonyl (C=O) groups excluding carboxylic acids is 2. The van der Waals surface area contributed by atoms with Crippen LogP contribution in [0, 0.1) is 0 Å². The zero-order valence-electron chi connectivity index (χ0n) is 10.5. The fourth-order valence-corrected chi connectivity index (χ4v) is 2.33. The number of hydrogen-bond donors (Lipinski definition) is 0. The summed E-state index contributed by atoms with van der Waals surface area (Å²) in [6.07, 6.45) is 3.57. The standard InChI is InChI=1S/C14H13N3O2/c1-2-16-8-7-15-12(16)9-17-11-6-4-3-5-10(11)13(18)14(17)19/h3-8H,2,9H2,1H3. The van der Waals surface area contributed by atoms with Crippen LogP contribution in [-0.4, -0.2) is 21.2 Å². The van der Waals surface area contributed by atoms with Crippen LogP contribution in [0.2, 0.25) is 0 Å². The molecule has 0 radical (unpaired) electrons. The van der Waals surface area contributed by atoms with Gasteiger partial charge in [0.1, 0.15) is 5.82 Å². The maximum Gasteiger partial charge on any atom is 0.299 e. The Labute approximate surface area is 110 Å². The Morgan fingerprint density at radius 2 is 2.00 bits per heavy atom. The van der Waals surface area contributed by atoms with Gasteiger partial charge in [-0.1, -0.05) is 12.1 Å². The molecule has 0 bridgehead atoms. The minimum Gasteiger partial charge on any atom is -0.334 e. The summed E-state index contributed by atoms with van der Waals surface area (Å²) in [4.78, 5) is 29.6. The van der Waals surface area contributed by atoms with E-state index in [1.54, 1.807) is 24.4 Å². The van der Waals surface area contributed by atoms with Crippen LogP contribution in [-0.2, 0) is 17.9 Å². The monoisotopic (exact) mass is 255 g/mol. The van der Waals surface area contributed by atoms with Gasteiger partial charge in [0.05, 0.1) is 17.8 Å². The van der Waals surface area contributed by atoms with Crippen molar-refractivity contribution in [2.75, 3.05) is 4.90 Å².